The molecule has 0 heterocycles. The number of sulfonamides is 2. The molecule has 38 heavy (non-hydrogen) atoms. The quantitative estimate of drug-likeness (QED) is 0.376. The lowest BCUT2D eigenvalue weighted by atomic mass is 10.2. The van der Waals surface area contributed by atoms with Gasteiger partial charge >= 0.3 is 6.18 Å². The first-order valence-electron chi connectivity index (χ1n) is 10.5. The smallest absolute Gasteiger partial charge is 0.416 e. The summed E-state index contributed by atoms with van der Waals surface area (Å²) in [5, 5.41) is 2.67. The number of methoxy groups -OCH3 is 1. The Hall–Kier alpha value is -3.49. The number of carbonyl (C=O) groups is 1. The van der Waals surface area contributed by atoms with Gasteiger partial charge in [-0.1, -0.05) is 17.7 Å². The van der Waals surface area contributed by atoms with Crippen LogP contribution >= 0.6 is 11.6 Å². The van der Waals surface area contributed by atoms with Gasteiger partial charge in [0, 0.05) is 16.4 Å². The van der Waals surface area contributed by atoms with E-state index in [9.17, 15) is 34.8 Å². The minimum absolute atomic E-state index is 0.0414. The number of carbonyl (C=O) groups excluding carboxylic acids is 1. The zero-order valence-corrected chi connectivity index (χ0v) is 22.2. The zero-order chi connectivity index (χ0) is 28.3. The van der Waals surface area contributed by atoms with Crippen molar-refractivity contribution in [2.45, 2.75) is 11.1 Å². The second-order valence-corrected chi connectivity index (χ2v) is 11.9. The Morgan fingerprint density at radius 1 is 0.974 bits per heavy atom. The van der Waals surface area contributed by atoms with Crippen LogP contribution < -0.4 is 19.1 Å². The molecule has 0 fully saturated rings. The largest absolute Gasteiger partial charge is 0.495 e. The van der Waals surface area contributed by atoms with Crippen molar-refractivity contribution in [3.05, 3.63) is 77.3 Å². The van der Waals surface area contributed by atoms with Gasteiger partial charge in [-0.2, -0.15) is 13.2 Å². The average molecular weight is 592 g/mol. The van der Waals surface area contributed by atoms with E-state index in [2.05, 4.69) is 10.0 Å². The van der Waals surface area contributed by atoms with E-state index < -0.39 is 44.2 Å². The molecule has 0 spiro atoms. The molecule has 15 heteroatoms. The van der Waals surface area contributed by atoms with Gasteiger partial charge in [0.05, 0.1) is 29.5 Å². The van der Waals surface area contributed by atoms with Gasteiger partial charge in [-0.3, -0.25) is 13.8 Å². The molecule has 0 saturated carbocycles. The van der Waals surface area contributed by atoms with Crippen molar-refractivity contribution in [3.8, 4) is 5.75 Å². The summed E-state index contributed by atoms with van der Waals surface area (Å²) in [6, 6.07) is 12.7. The maximum absolute atomic E-state index is 12.9. The Morgan fingerprint density at radius 2 is 1.63 bits per heavy atom. The Labute approximate surface area is 222 Å². The van der Waals surface area contributed by atoms with E-state index in [1.165, 1.54) is 43.5 Å². The number of hydrogen-bond donors (Lipinski definition) is 2. The van der Waals surface area contributed by atoms with Gasteiger partial charge in [-0.25, -0.2) is 16.8 Å². The van der Waals surface area contributed by atoms with Crippen molar-refractivity contribution in [3.63, 3.8) is 0 Å². The number of alkyl halides is 3. The van der Waals surface area contributed by atoms with Crippen LogP contribution in [-0.4, -0.2) is 42.7 Å². The molecule has 0 unspecified atom stereocenters. The lowest BCUT2D eigenvalue weighted by molar-refractivity contribution is -0.137. The van der Waals surface area contributed by atoms with E-state index in [1.54, 1.807) is 0 Å². The predicted molar refractivity (Wildman–Crippen MR) is 138 cm³/mol. The van der Waals surface area contributed by atoms with E-state index in [0.29, 0.717) is 6.07 Å². The topological polar surface area (TPSA) is 122 Å². The Morgan fingerprint density at radius 3 is 2.21 bits per heavy atom. The molecule has 0 atom stereocenters. The lowest BCUT2D eigenvalue weighted by Crippen LogP contribution is -2.37. The molecular formula is C23H21ClF3N3O6S2. The normalized spacial score (nSPS) is 12.1. The van der Waals surface area contributed by atoms with Gasteiger partial charge in [0.15, 0.2) is 0 Å². The Bertz CT molecular complexity index is 1550. The van der Waals surface area contributed by atoms with Crippen molar-refractivity contribution < 1.29 is 39.5 Å². The number of nitrogens with one attached hydrogen (secondary N) is 2. The van der Waals surface area contributed by atoms with Crippen LogP contribution in [0.3, 0.4) is 0 Å². The number of nitrogens with zero attached hydrogens (tertiary/aromatic N) is 1. The SMILES string of the molecule is COc1ccc(Cl)cc1N(CC(=O)Nc1ccc(S(=O)(=O)Nc2cccc(C(F)(F)F)c2)cc1)S(C)(=O)=O. The fourth-order valence-electron chi connectivity index (χ4n) is 3.26. The lowest BCUT2D eigenvalue weighted by Gasteiger charge is -2.24. The predicted octanol–water partition coefficient (Wildman–Crippen LogP) is 4.57. The van der Waals surface area contributed by atoms with Crippen LogP contribution in [0.25, 0.3) is 0 Å². The molecule has 0 radical (unpaired) electrons. The van der Waals surface area contributed by atoms with Crippen molar-refractivity contribution in [2.24, 2.45) is 0 Å². The molecule has 0 aliphatic heterocycles. The van der Waals surface area contributed by atoms with E-state index in [4.69, 9.17) is 16.3 Å². The molecule has 3 aromatic rings. The van der Waals surface area contributed by atoms with Crippen molar-refractivity contribution in [1.29, 1.82) is 0 Å². The molecule has 9 nitrogen and oxygen atoms in total. The minimum Gasteiger partial charge on any atom is -0.495 e. The third kappa shape index (κ3) is 7.30. The van der Waals surface area contributed by atoms with Crippen LogP contribution in [0.5, 0.6) is 5.75 Å². The van der Waals surface area contributed by atoms with Gasteiger partial charge in [0.25, 0.3) is 10.0 Å². The first-order valence-corrected chi connectivity index (χ1v) is 14.2. The molecule has 0 aromatic heterocycles. The summed E-state index contributed by atoms with van der Waals surface area (Å²) in [5.41, 5.74) is -1.12. The molecule has 0 aliphatic carbocycles. The van der Waals surface area contributed by atoms with Crippen LogP contribution in [0, 0.1) is 0 Å². The summed E-state index contributed by atoms with van der Waals surface area (Å²) in [6.45, 7) is -0.646. The summed E-state index contributed by atoms with van der Waals surface area (Å²) in [5.74, 6) is -0.592. The van der Waals surface area contributed by atoms with Crippen LogP contribution in [0.2, 0.25) is 5.02 Å². The number of benzene rings is 3. The number of rotatable bonds is 9. The number of halogens is 4. The van der Waals surface area contributed by atoms with Gasteiger partial charge in [-0.05, 0) is 60.7 Å². The molecule has 0 saturated heterocycles. The summed E-state index contributed by atoms with van der Waals surface area (Å²) in [6.07, 6.45) is -3.75. The van der Waals surface area contributed by atoms with Gasteiger partial charge in [-0.15, -0.1) is 0 Å². The van der Waals surface area contributed by atoms with Crippen LogP contribution in [0.4, 0.5) is 30.2 Å². The van der Waals surface area contributed by atoms with Crippen LogP contribution in [0.1, 0.15) is 5.56 Å². The van der Waals surface area contributed by atoms with Gasteiger partial charge in [0.1, 0.15) is 12.3 Å². The van der Waals surface area contributed by atoms with Crippen molar-refractivity contribution in [2.75, 3.05) is 34.3 Å². The average Bonchev–Trinajstić information content (AvgIpc) is 2.81. The van der Waals surface area contributed by atoms with E-state index in [-0.39, 0.29) is 32.7 Å². The van der Waals surface area contributed by atoms with Crippen LogP contribution in [-0.2, 0) is 31.0 Å². The monoisotopic (exact) mass is 591 g/mol. The third-order valence-electron chi connectivity index (χ3n) is 4.99. The van der Waals surface area contributed by atoms with E-state index >= 15 is 0 Å². The van der Waals surface area contributed by atoms with Gasteiger partial charge in [0.2, 0.25) is 15.9 Å². The number of ether oxygens (including phenoxy) is 1. The summed E-state index contributed by atoms with van der Waals surface area (Å²) in [7, 11) is -6.87. The van der Waals surface area contributed by atoms with Crippen molar-refractivity contribution >= 4 is 54.6 Å². The highest BCUT2D eigenvalue weighted by Crippen LogP contribution is 2.33. The first kappa shape index (κ1) is 29.1. The first-order chi connectivity index (χ1) is 17.6. The highest BCUT2D eigenvalue weighted by Gasteiger charge is 2.31. The highest BCUT2D eigenvalue weighted by atomic mass is 35.5. The van der Waals surface area contributed by atoms with E-state index in [0.717, 1.165) is 34.8 Å². The number of hydrogen-bond acceptors (Lipinski definition) is 6. The molecule has 3 aromatic carbocycles. The molecule has 2 N–H and O–H groups in total. The van der Waals surface area contributed by atoms with E-state index in [1.807, 2.05) is 0 Å². The fourth-order valence-corrected chi connectivity index (χ4v) is 5.33. The number of amides is 1. The molecule has 204 valence electrons. The molecule has 0 aliphatic rings. The molecule has 1 amide bonds. The highest BCUT2D eigenvalue weighted by molar-refractivity contribution is 7.92. The van der Waals surface area contributed by atoms with Gasteiger partial charge < -0.3 is 10.1 Å². The van der Waals surface area contributed by atoms with Crippen LogP contribution in [0.15, 0.2) is 71.6 Å². The zero-order valence-electron chi connectivity index (χ0n) is 19.8. The Balaban J connectivity index is 1.75. The molecule has 0 bridgehead atoms. The summed E-state index contributed by atoms with van der Waals surface area (Å²) >= 11 is 5.98. The summed E-state index contributed by atoms with van der Waals surface area (Å²) < 4.78 is 96.8. The minimum atomic E-state index is -4.65. The third-order valence-corrected chi connectivity index (χ3v) is 7.75. The Kier molecular flexibility index (Phi) is 8.48. The summed E-state index contributed by atoms with van der Waals surface area (Å²) in [4.78, 5) is 12.4. The maximum atomic E-state index is 12.9. The fraction of sp³-hybridized carbons (Fsp3) is 0.174. The standard InChI is InChI=1S/C23H21ClF3N3O6S2/c1-36-21-11-6-16(24)13-20(21)30(37(2,32)33)14-22(31)28-17-7-9-19(10-8-17)38(34,35)29-18-5-3-4-15(12-18)23(25,26)27/h3-13,29H,14H2,1-2H3,(H,28,31). The second kappa shape index (κ2) is 11.1. The second-order valence-electron chi connectivity index (χ2n) is 7.84. The molecular weight excluding hydrogens is 571 g/mol. The number of anilines is 3. The van der Waals surface area contributed by atoms with Crippen molar-refractivity contribution in [1.82, 2.24) is 0 Å². The maximum Gasteiger partial charge on any atom is 0.416 e. The molecule has 3 rings (SSSR count).